The SMILES string of the molecule is N#Cc1cc(-c2nnn(Cc3ccccc3)c2I)ccc1F. The summed E-state index contributed by atoms with van der Waals surface area (Å²) in [5, 5.41) is 17.2. The molecule has 22 heavy (non-hydrogen) atoms. The third kappa shape index (κ3) is 2.85. The quantitative estimate of drug-likeness (QED) is 0.627. The summed E-state index contributed by atoms with van der Waals surface area (Å²) in [6, 6.07) is 16.2. The fourth-order valence-electron chi connectivity index (χ4n) is 2.09. The van der Waals surface area contributed by atoms with Gasteiger partial charge in [-0.3, -0.25) is 0 Å². The minimum Gasteiger partial charge on any atom is -0.234 e. The first-order chi connectivity index (χ1) is 10.7. The van der Waals surface area contributed by atoms with Crippen molar-refractivity contribution in [2.75, 3.05) is 0 Å². The predicted molar refractivity (Wildman–Crippen MR) is 88.4 cm³/mol. The zero-order chi connectivity index (χ0) is 15.5. The molecule has 0 saturated heterocycles. The Kier molecular flexibility index (Phi) is 4.15. The molecule has 3 aromatic rings. The molecule has 0 fully saturated rings. The van der Waals surface area contributed by atoms with Gasteiger partial charge in [-0.05, 0) is 46.4 Å². The van der Waals surface area contributed by atoms with Gasteiger partial charge in [-0.25, -0.2) is 9.07 Å². The normalized spacial score (nSPS) is 10.4. The summed E-state index contributed by atoms with van der Waals surface area (Å²) < 4.78 is 16.0. The molecule has 0 amide bonds. The molecule has 0 radical (unpaired) electrons. The molecule has 0 atom stereocenters. The number of nitrogens with zero attached hydrogens (tertiary/aromatic N) is 4. The molecular formula is C16H10FIN4. The molecule has 0 spiro atoms. The topological polar surface area (TPSA) is 54.5 Å². The van der Waals surface area contributed by atoms with Crippen LogP contribution in [0.1, 0.15) is 11.1 Å². The van der Waals surface area contributed by atoms with Gasteiger partial charge in [0.05, 0.1) is 12.1 Å². The minimum absolute atomic E-state index is 0.00547. The van der Waals surface area contributed by atoms with Crippen LogP contribution >= 0.6 is 22.6 Å². The largest absolute Gasteiger partial charge is 0.234 e. The third-order valence-corrected chi connectivity index (χ3v) is 4.28. The lowest BCUT2D eigenvalue weighted by Gasteiger charge is -2.03. The van der Waals surface area contributed by atoms with Crippen LogP contribution in [-0.4, -0.2) is 15.0 Å². The number of hydrogen-bond donors (Lipinski definition) is 0. The molecule has 0 N–H and O–H groups in total. The van der Waals surface area contributed by atoms with E-state index in [1.807, 2.05) is 36.4 Å². The van der Waals surface area contributed by atoms with Gasteiger partial charge in [0.2, 0.25) is 0 Å². The van der Waals surface area contributed by atoms with E-state index in [1.54, 1.807) is 10.7 Å². The first-order valence-electron chi connectivity index (χ1n) is 6.52. The number of aromatic nitrogens is 3. The maximum Gasteiger partial charge on any atom is 0.140 e. The summed E-state index contributed by atoms with van der Waals surface area (Å²) in [6.45, 7) is 0.610. The van der Waals surface area contributed by atoms with E-state index in [0.717, 1.165) is 9.26 Å². The molecule has 108 valence electrons. The smallest absolute Gasteiger partial charge is 0.140 e. The molecule has 0 unspecified atom stereocenters. The van der Waals surface area contributed by atoms with Crippen molar-refractivity contribution in [3.8, 4) is 17.3 Å². The van der Waals surface area contributed by atoms with E-state index < -0.39 is 5.82 Å². The van der Waals surface area contributed by atoms with Crippen molar-refractivity contribution in [3.05, 3.63) is 69.2 Å². The minimum atomic E-state index is -0.530. The zero-order valence-electron chi connectivity index (χ0n) is 11.4. The van der Waals surface area contributed by atoms with Gasteiger partial charge in [-0.1, -0.05) is 35.5 Å². The van der Waals surface area contributed by atoms with Gasteiger partial charge in [0, 0.05) is 5.56 Å². The van der Waals surface area contributed by atoms with Crippen LogP contribution in [0, 0.1) is 20.8 Å². The Labute approximate surface area is 140 Å². The highest BCUT2D eigenvalue weighted by molar-refractivity contribution is 14.1. The maximum absolute atomic E-state index is 13.4. The lowest BCUT2D eigenvalue weighted by molar-refractivity contribution is 0.624. The second-order valence-corrected chi connectivity index (χ2v) is 5.70. The van der Waals surface area contributed by atoms with Crippen molar-refractivity contribution < 1.29 is 4.39 Å². The lowest BCUT2D eigenvalue weighted by Crippen LogP contribution is -2.03. The van der Waals surface area contributed by atoms with Gasteiger partial charge in [-0.15, -0.1) is 5.10 Å². The van der Waals surface area contributed by atoms with E-state index in [-0.39, 0.29) is 5.56 Å². The van der Waals surface area contributed by atoms with E-state index >= 15 is 0 Å². The van der Waals surface area contributed by atoms with E-state index in [1.165, 1.54) is 12.1 Å². The molecule has 0 aliphatic heterocycles. The molecular weight excluding hydrogens is 394 g/mol. The van der Waals surface area contributed by atoms with Crippen LogP contribution in [0.5, 0.6) is 0 Å². The molecule has 4 nitrogen and oxygen atoms in total. The van der Waals surface area contributed by atoms with Crippen LogP contribution in [0.25, 0.3) is 11.3 Å². The van der Waals surface area contributed by atoms with Gasteiger partial charge in [0.15, 0.2) is 0 Å². The van der Waals surface area contributed by atoms with Gasteiger partial charge < -0.3 is 0 Å². The molecule has 0 bridgehead atoms. The molecule has 1 aromatic heterocycles. The average molecular weight is 404 g/mol. The molecule has 2 aromatic carbocycles. The standard InChI is InChI=1S/C16H10FIN4/c17-14-7-6-12(8-13(14)9-19)15-16(18)22(21-20-15)10-11-4-2-1-3-5-11/h1-8H,10H2. The number of benzene rings is 2. The first kappa shape index (κ1) is 14.7. The van der Waals surface area contributed by atoms with Crippen molar-refractivity contribution in [3.63, 3.8) is 0 Å². The fraction of sp³-hybridized carbons (Fsp3) is 0.0625. The Bertz CT molecular complexity index is 852. The van der Waals surface area contributed by atoms with Crippen LogP contribution in [0.4, 0.5) is 4.39 Å². The molecule has 0 aliphatic rings. The van der Waals surface area contributed by atoms with Gasteiger partial charge in [0.25, 0.3) is 0 Å². The van der Waals surface area contributed by atoms with E-state index in [4.69, 9.17) is 5.26 Å². The summed E-state index contributed by atoms with van der Waals surface area (Å²) in [4.78, 5) is 0. The van der Waals surface area contributed by atoms with Gasteiger partial charge in [-0.2, -0.15) is 5.26 Å². The third-order valence-electron chi connectivity index (χ3n) is 3.21. The second-order valence-electron chi connectivity index (χ2n) is 4.68. The van der Waals surface area contributed by atoms with Crippen LogP contribution in [0.3, 0.4) is 0 Å². The highest BCUT2D eigenvalue weighted by atomic mass is 127. The van der Waals surface area contributed by atoms with E-state index in [2.05, 4.69) is 32.9 Å². The van der Waals surface area contributed by atoms with E-state index in [0.29, 0.717) is 17.8 Å². The fourth-order valence-corrected chi connectivity index (χ4v) is 2.78. The summed E-state index contributed by atoms with van der Waals surface area (Å²) in [6.07, 6.45) is 0. The van der Waals surface area contributed by atoms with Crippen molar-refractivity contribution >= 4 is 22.6 Å². The summed E-state index contributed by atoms with van der Waals surface area (Å²) in [5.41, 5.74) is 2.45. The predicted octanol–water partition coefficient (Wildman–Crippen LogP) is 3.61. The number of halogens is 2. The van der Waals surface area contributed by atoms with Gasteiger partial charge >= 0.3 is 0 Å². The molecule has 0 saturated carbocycles. The lowest BCUT2D eigenvalue weighted by atomic mass is 10.1. The summed E-state index contributed by atoms with van der Waals surface area (Å²) >= 11 is 2.16. The molecule has 1 heterocycles. The van der Waals surface area contributed by atoms with Crippen LogP contribution < -0.4 is 0 Å². The van der Waals surface area contributed by atoms with Crippen molar-refractivity contribution in [1.82, 2.24) is 15.0 Å². The molecule has 0 aliphatic carbocycles. The second kappa shape index (κ2) is 6.23. The van der Waals surface area contributed by atoms with Crippen molar-refractivity contribution in [2.24, 2.45) is 0 Å². The Morgan fingerprint density at radius 1 is 1.18 bits per heavy atom. The Morgan fingerprint density at radius 2 is 1.95 bits per heavy atom. The molecule has 6 heteroatoms. The highest BCUT2D eigenvalue weighted by Gasteiger charge is 2.14. The Morgan fingerprint density at radius 3 is 2.68 bits per heavy atom. The Hall–Kier alpha value is -2.27. The Balaban J connectivity index is 1.95. The summed E-state index contributed by atoms with van der Waals surface area (Å²) in [5.74, 6) is -0.530. The average Bonchev–Trinajstić information content (AvgIpc) is 2.90. The summed E-state index contributed by atoms with van der Waals surface area (Å²) in [7, 11) is 0. The first-order valence-corrected chi connectivity index (χ1v) is 7.60. The van der Waals surface area contributed by atoms with Crippen LogP contribution in [0.2, 0.25) is 0 Å². The molecule has 3 rings (SSSR count). The highest BCUT2D eigenvalue weighted by Crippen LogP contribution is 2.25. The van der Waals surface area contributed by atoms with Crippen LogP contribution in [0.15, 0.2) is 48.5 Å². The zero-order valence-corrected chi connectivity index (χ0v) is 13.5. The monoisotopic (exact) mass is 404 g/mol. The number of nitriles is 1. The number of hydrogen-bond acceptors (Lipinski definition) is 3. The van der Waals surface area contributed by atoms with E-state index in [9.17, 15) is 4.39 Å². The maximum atomic E-state index is 13.4. The van der Waals surface area contributed by atoms with Crippen LogP contribution in [-0.2, 0) is 6.54 Å². The number of rotatable bonds is 3. The van der Waals surface area contributed by atoms with Gasteiger partial charge in [0.1, 0.15) is 21.3 Å². The van der Waals surface area contributed by atoms with Crippen molar-refractivity contribution in [2.45, 2.75) is 6.54 Å². The van der Waals surface area contributed by atoms with Crippen molar-refractivity contribution in [1.29, 1.82) is 5.26 Å².